The number of H-pyrrole nitrogens is 1. The summed E-state index contributed by atoms with van der Waals surface area (Å²) in [4.78, 5) is 28.6. The van der Waals surface area contributed by atoms with E-state index in [1.54, 1.807) is 0 Å². The van der Waals surface area contributed by atoms with E-state index in [2.05, 4.69) is 20.3 Å². The third-order valence-electron chi connectivity index (χ3n) is 3.07. The van der Waals surface area contributed by atoms with Gasteiger partial charge in [0, 0.05) is 17.8 Å². The fourth-order valence-corrected chi connectivity index (χ4v) is 2.14. The van der Waals surface area contributed by atoms with Crippen molar-refractivity contribution in [1.82, 2.24) is 25.0 Å². The first kappa shape index (κ1) is 14.7. The van der Waals surface area contributed by atoms with E-state index >= 15 is 0 Å². The van der Waals surface area contributed by atoms with Crippen LogP contribution in [0.15, 0.2) is 24.8 Å². The standard InChI is InChI=1S/C12H6F3N5O3/c13-12(14,15)6-4-17-10(20-2-1-18-19-20)8-7(6)5(3-16-8)9(21)11(22)23/h1-4,16H,(H,22,23). The number of carboxylic acids is 1. The van der Waals surface area contributed by atoms with Crippen LogP contribution in [0.1, 0.15) is 15.9 Å². The minimum Gasteiger partial charge on any atom is -0.475 e. The van der Waals surface area contributed by atoms with Gasteiger partial charge in [-0.1, -0.05) is 5.21 Å². The number of aliphatic carboxylic acids is 1. The van der Waals surface area contributed by atoms with Gasteiger partial charge in [-0.25, -0.2) is 14.5 Å². The van der Waals surface area contributed by atoms with Gasteiger partial charge < -0.3 is 10.1 Å². The molecule has 118 valence electrons. The maximum absolute atomic E-state index is 13.2. The van der Waals surface area contributed by atoms with Gasteiger partial charge in [0.25, 0.3) is 5.78 Å². The summed E-state index contributed by atoms with van der Waals surface area (Å²) in [5.41, 5.74) is -2.00. The Kier molecular flexibility index (Phi) is 3.13. The lowest BCUT2D eigenvalue weighted by Gasteiger charge is -2.10. The molecule has 0 spiro atoms. The molecule has 0 saturated heterocycles. The Bertz CT molecular complexity index is 914. The molecule has 0 saturated carbocycles. The molecule has 3 rings (SSSR count). The number of carbonyl (C=O) groups is 2. The van der Waals surface area contributed by atoms with E-state index in [1.165, 1.54) is 12.4 Å². The van der Waals surface area contributed by atoms with E-state index in [4.69, 9.17) is 5.11 Å². The first-order valence-electron chi connectivity index (χ1n) is 6.02. The molecule has 0 unspecified atom stereocenters. The van der Waals surface area contributed by atoms with Gasteiger partial charge >= 0.3 is 12.1 Å². The molecule has 0 aliphatic carbocycles. The van der Waals surface area contributed by atoms with Crippen molar-refractivity contribution < 1.29 is 27.9 Å². The highest BCUT2D eigenvalue weighted by molar-refractivity contribution is 6.42. The molecule has 0 fully saturated rings. The first-order valence-corrected chi connectivity index (χ1v) is 6.02. The predicted molar refractivity (Wildman–Crippen MR) is 68.0 cm³/mol. The second kappa shape index (κ2) is 4.90. The summed E-state index contributed by atoms with van der Waals surface area (Å²) in [5.74, 6) is -3.37. The molecule has 0 radical (unpaired) electrons. The van der Waals surface area contributed by atoms with Gasteiger partial charge in [-0.2, -0.15) is 13.2 Å². The maximum Gasteiger partial charge on any atom is 0.418 e. The lowest BCUT2D eigenvalue weighted by atomic mass is 10.1. The molecule has 3 heterocycles. The van der Waals surface area contributed by atoms with E-state index in [1.807, 2.05) is 0 Å². The normalized spacial score (nSPS) is 11.8. The minimum atomic E-state index is -4.82. The maximum atomic E-state index is 13.2. The number of carbonyl (C=O) groups excluding carboxylic acids is 1. The zero-order chi connectivity index (χ0) is 16.8. The number of nitrogens with one attached hydrogen (secondary N) is 1. The molecule has 0 aliphatic rings. The number of carboxylic acid groups (broad SMARTS) is 1. The van der Waals surface area contributed by atoms with Crippen molar-refractivity contribution >= 4 is 22.7 Å². The first-order chi connectivity index (χ1) is 10.8. The van der Waals surface area contributed by atoms with Gasteiger partial charge in [0.1, 0.15) is 0 Å². The molecule has 3 aromatic heterocycles. The van der Waals surface area contributed by atoms with Crippen molar-refractivity contribution in [3.63, 3.8) is 0 Å². The summed E-state index contributed by atoms with van der Waals surface area (Å²) in [6.45, 7) is 0. The van der Waals surface area contributed by atoms with Crippen LogP contribution in [0.25, 0.3) is 16.7 Å². The summed E-state index contributed by atoms with van der Waals surface area (Å²) in [6, 6.07) is 0. The Labute approximate surface area is 124 Å². The van der Waals surface area contributed by atoms with Gasteiger partial charge in [0.05, 0.1) is 29.0 Å². The largest absolute Gasteiger partial charge is 0.475 e. The second-order valence-electron chi connectivity index (χ2n) is 4.43. The summed E-state index contributed by atoms with van der Waals surface area (Å²) in [6.07, 6.45) is -0.766. The summed E-state index contributed by atoms with van der Waals surface area (Å²) in [7, 11) is 0. The van der Waals surface area contributed by atoms with Crippen molar-refractivity contribution in [3.05, 3.63) is 35.9 Å². The lowest BCUT2D eigenvalue weighted by molar-refractivity contribution is -0.136. The molecule has 11 heteroatoms. The Morgan fingerprint density at radius 3 is 2.61 bits per heavy atom. The van der Waals surface area contributed by atoms with Crippen LogP contribution >= 0.6 is 0 Å². The van der Waals surface area contributed by atoms with Crippen molar-refractivity contribution in [2.24, 2.45) is 0 Å². The zero-order valence-corrected chi connectivity index (χ0v) is 11.0. The fraction of sp³-hybridized carbons (Fsp3) is 0.0833. The summed E-state index contributed by atoms with van der Waals surface area (Å²) in [5, 5.41) is 15.3. The van der Waals surface area contributed by atoms with Crippen LogP contribution < -0.4 is 0 Å². The number of alkyl halides is 3. The molecular weight excluding hydrogens is 319 g/mol. The minimum absolute atomic E-state index is 0.0464. The second-order valence-corrected chi connectivity index (χ2v) is 4.43. The van der Waals surface area contributed by atoms with Crippen LogP contribution in [-0.2, 0) is 11.0 Å². The Morgan fingerprint density at radius 1 is 1.30 bits per heavy atom. The number of aromatic nitrogens is 5. The summed E-state index contributed by atoms with van der Waals surface area (Å²) >= 11 is 0. The SMILES string of the molecule is O=C(O)C(=O)c1c[nH]c2c(-n3ccnn3)ncc(C(F)(F)F)c12. The van der Waals surface area contributed by atoms with E-state index in [0.29, 0.717) is 6.20 Å². The molecule has 3 aromatic rings. The van der Waals surface area contributed by atoms with Crippen molar-refractivity contribution in [2.75, 3.05) is 0 Å². The Balaban J connectivity index is 2.38. The molecule has 0 atom stereocenters. The van der Waals surface area contributed by atoms with Crippen LogP contribution in [0.3, 0.4) is 0 Å². The van der Waals surface area contributed by atoms with E-state index < -0.39 is 34.4 Å². The van der Waals surface area contributed by atoms with Crippen LogP contribution in [0.2, 0.25) is 0 Å². The Morgan fingerprint density at radius 2 is 2.04 bits per heavy atom. The van der Waals surface area contributed by atoms with Crippen molar-refractivity contribution in [2.45, 2.75) is 6.18 Å². The van der Waals surface area contributed by atoms with E-state index in [-0.39, 0.29) is 11.3 Å². The Hall–Kier alpha value is -3.24. The smallest absolute Gasteiger partial charge is 0.418 e. The fourth-order valence-electron chi connectivity index (χ4n) is 2.14. The zero-order valence-electron chi connectivity index (χ0n) is 11.0. The van der Waals surface area contributed by atoms with E-state index in [9.17, 15) is 22.8 Å². The highest BCUT2D eigenvalue weighted by Crippen LogP contribution is 2.37. The number of Topliss-reactive ketones (excluding diaryl/α,β-unsaturated/α-hetero) is 1. The molecule has 23 heavy (non-hydrogen) atoms. The number of rotatable bonds is 3. The van der Waals surface area contributed by atoms with Gasteiger partial charge in [0.2, 0.25) is 0 Å². The highest BCUT2D eigenvalue weighted by atomic mass is 19.4. The van der Waals surface area contributed by atoms with Crippen molar-refractivity contribution in [1.29, 1.82) is 0 Å². The average molecular weight is 325 g/mol. The number of fused-ring (bicyclic) bond motifs is 1. The topological polar surface area (TPSA) is 114 Å². The molecular formula is C12H6F3N5O3. The molecule has 0 aliphatic heterocycles. The highest BCUT2D eigenvalue weighted by Gasteiger charge is 2.37. The third-order valence-corrected chi connectivity index (χ3v) is 3.07. The number of ketones is 1. The van der Waals surface area contributed by atoms with Crippen LogP contribution in [0, 0.1) is 0 Å². The number of hydrogen-bond donors (Lipinski definition) is 2. The van der Waals surface area contributed by atoms with Gasteiger partial charge in [0.15, 0.2) is 5.82 Å². The lowest BCUT2D eigenvalue weighted by Crippen LogP contribution is -2.15. The van der Waals surface area contributed by atoms with Crippen LogP contribution in [0.4, 0.5) is 13.2 Å². The number of hydrogen-bond acceptors (Lipinski definition) is 5. The number of nitrogens with zero attached hydrogens (tertiary/aromatic N) is 4. The average Bonchev–Trinajstić information content (AvgIpc) is 3.13. The quantitative estimate of drug-likeness (QED) is 0.556. The summed E-state index contributed by atoms with van der Waals surface area (Å²) < 4.78 is 40.6. The molecule has 0 bridgehead atoms. The van der Waals surface area contributed by atoms with Crippen LogP contribution in [-0.4, -0.2) is 41.8 Å². The number of halogens is 3. The molecule has 0 aromatic carbocycles. The number of pyridine rings is 1. The van der Waals surface area contributed by atoms with Crippen LogP contribution in [0.5, 0.6) is 0 Å². The predicted octanol–water partition coefficient (Wildman–Crippen LogP) is 1.43. The molecule has 2 N–H and O–H groups in total. The van der Waals surface area contributed by atoms with Gasteiger partial charge in [-0.05, 0) is 0 Å². The molecule has 8 nitrogen and oxygen atoms in total. The third kappa shape index (κ3) is 2.31. The monoisotopic (exact) mass is 325 g/mol. The number of aromatic amines is 1. The molecule has 0 amide bonds. The van der Waals surface area contributed by atoms with Crippen molar-refractivity contribution in [3.8, 4) is 5.82 Å². The van der Waals surface area contributed by atoms with E-state index in [0.717, 1.165) is 10.9 Å². The van der Waals surface area contributed by atoms with Gasteiger partial charge in [-0.15, -0.1) is 5.10 Å². The van der Waals surface area contributed by atoms with Gasteiger partial charge in [-0.3, -0.25) is 4.79 Å².